The first-order chi connectivity index (χ1) is 16.0. The van der Waals surface area contributed by atoms with Crippen LogP contribution in [-0.4, -0.2) is 163 Å². The van der Waals surface area contributed by atoms with Crippen LogP contribution in [0.1, 0.15) is 0 Å². The summed E-state index contributed by atoms with van der Waals surface area (Å²) in [7, 11) is 0. The van der Waals surface area contributed by atoms with Crippen molar-refractivity contribution in [1.29, 1.82) is 0 Å². The first-order valence-corrected chi connectivity index (χ1v) is 10.7. The Bertz CT molecular complexity index is 642. The molecule has 3 rings (SSSR count). The number of hydrogen-bond acceptors (Lipinski definition) is 16. The topological polar surface area (TPSA) is 274 Å². The van der Waals surface area contributed by atoms with Crippen molar-refractivity contribution in [2.45, 2.75) is 92.1 Å². The molecule has 0 aromatic carbocycles. The zero-order valence-corrected chi connectivity index (χ0v) is 17.9. The van der Waals surface area contributed by atoms with Crippen molar-refractivity contribution < 1.29 is 74.7 Å². The molecule has 3 heterocycles. The van der Waals surface area contributed by atoms with Crippen molar-refractivity contribution >= 4 is 0 Å². The number of aliphatic hydroxyl groups is 10. The second-order valence-electron chi connectivity index (χ2n) is 8.46. The van der Waals surface area contributed by atoms with Crippen LogP contribution >= 0.6 is 0 Å². The lowest BCUT2D eigenvalue weighted by Crippen LogP contribution is -2.65. The van der Waals surface area contributed by atoms with Crippen LogP contribution in [0.2, 0.25) is 0 Å². The van der Waals surface area contributed by atoms with Crippen LogP contribution in [0.5, 0.6) is 0 Å². The minimum atomic E-state index is -1.90. The molecule has 0 bridgehead atoms. The largest absolute Gasteiger partial charge is 0.394 e. The Labute approximate surface area is 193 Å². The molecule has 34 heavy (non-hydrogen) atoms. The molecule has 3 aliphatic heterocycles. The zero-order chi connectivity index (χ0) is 25.3. The summed E-state index contributed by atoms with van der Waals surface area (Å²) in [5, 5.41) is 99.2. The molecule has 0 aromatic heterocycles. The minimum Gasteiger partial charge on any atom is -0.394 e. The quantitative estimate of drug-likeness (QED) is 0.154. The fourth-order valence-electron chi connectivity index (χ4n) is 3.99. The highest BCUT2D eigenvalue weighted by atomic mass is 16.7. The van der Waals surface area contributed by atoms with Crippen molar-refractivity contribution in [3.63, 3.8) is 0 Å². The number of rotatable bonds is 7. The summed E-state index contributed by atoms with van der Waals surface area (Å²) in [6.45, 7) is -1.91. The molecule has 3 aliphatic rings. The normalized spacial score (nSPS) is 52.5. The van der Waals surface area contributed by atoms with E-state index < -0.39 is 112 Å². The fraction of sp³-hybridized carbons (Fsp3) is 1.00. The molecule has 0 aliphatic carbocycles. The van der Waals surface area contributed by atoms with E-state index in [2.05, 4.69) is 0 Å². The fourth-order valence-corrected chi connectivity index (χ4v) is 3.99. The molecule has 0 aromatic rings. The Morgan fingerprint density at radius 1 is 0.588 bits per heavy atom. The van der Waals surface area contributed by atoms with Gasteiger partial charge in [0.1, 0.15) is 67.1 Å². The summed E-state index contributed by atoms with van der Waals surface area (Å²) in [4.78, 5) is 0. The number of aliphatic hydroxyl groups excluding tert-OH is 10. The molecule has 0 unspecified atom stereocenters. The van der Waals surface area contributed by atoms with E-state index in [1.807, 2.05) is 0 Å². The molecule has 0 amide bonds. The molecular weight excluding hydrogens is 470 g/mol. The monoisotopic (exact) mass is 503 g/mol. The Balaban J connectivity index is 1.65. The van der Waals surface area contributed by atoms with Gasteiger partial charge in [-0.25, -0.2) is 0 Å². The van der Waals surface area contributed by atoms with Crippen molar-refractivity contribution in [2.75, 3.05) is 19.8 Å². The average molecular weight is 503 g/mol. The van der Waals surface area contributed by atoms with E-state index in [0.717, 1.165) is 0 Å². The third kappa shape index (κ3) is 5.52. The second-order valence-corrected chi connectivity index (χ2v) is 8.46. The van der Waals surface area contributed by atoms with E-state index in [-0.39, 0.29) is 0 Å². The third-order valence-corrected chi connectivity index (χ3v) is 6.15. The maximum atomic E-state index is 10.7. The SMILES string of the molecule is N[C@H]1[C@H](OC[C@H]2O[C@@H](O)[C@H](O)[C@@H](O[C@@H]3O[C@H](CO)[C@@H](O)[C@H](O)[C@H]3O)[C@@H]2O)O[C@H](CO)[C@@H](O)[C@@H]1O. The molecule has 3 saturated heterocycles. The zero-order valence-electron chi connectivity index (χ0n) is 17.9. The predicted molar refractivity (Wildman–Crippen MR) is 103 cm³/mol. The summed E-state index contributed by atoms with van der Waals surface area (Å²) in [6, 6.07) is -1.24. The molecule has 16 heteroatoms. The lowest BCUT2D eigenvalue weighted by atomic mass is 9.96. The van der Waals surface area contributed by atoms with E-state index >= 15 is 0 Å². The maximum absolute atomic E-state index is 10.7. The highest BCUT2D eigenvalue weighted by molar-refractivity contribution is 4.95. The summed E-state index contributed by atoms with van der Waals surface area (Å²) in [5.41, 5.74) is 5.78. The van der Waals surface area contributed by atoms with Crippen LogP contribution < -0.4 is 5.73 Å². The molecule has 0 spiro atoms. The Morgan fingerprint density at radius 3 is 1.74 bits per heavy atom. The Morgan fingerprint density at radius 2 is 1.15 bits per heavy atom. The van der Waals surface area contributed by atoms with E-state index in [1.165, 1.54) is 0 Å². The van der Waals surface area contributed by atoms with E-state index in [9.17, 15) is 51.1 Å². The average Bonchev–Trinajstić information content (AvgIpc) is 2.82. The smallest absolute Gasteiger partial charge is 0.187 e. The van der Waals surface area contributed by atoms with Crippen molar-refractivity contribution in [3.8, 4) is 0 Å². The first kappa shape index (κ1) is 27.9. The summed E-state index contributed by atoms with van der Waals surface area (Å²) < 4.78 is 26.4. The Kier molecular flexibility index (Phi) is 9.54. The molecule has 15 atom stereocenters. The minimum absolute atomic E-state index is 0.529. The van der Waals surface area contributed by atoms with Gasteiger partial charge in [-0.2, -0.15) is 0 Å². The summed E-state index contributed by atoms with van der Waals surface area (Å²) >= 11 is 0. The van der Waals surface area contributed by atoms with Crippen LogP contribution in [0.3, 0.4) is 0 Å². The van der Waals surface area contributed by atoms with Crippen molar-refractivity contribution in [1.82, 2.24) is 0 Å². The van der Waals surface area contributed by atoms with Gasteiger partial charge in [-0.15, -0.1) is 0 Å². The molecule has 16 nitrogen and oxygen atoms in total. The van der Waals surface area contributed by atoms with Gasteiger partial charge >= 0.3 is 0 Å². The van der Waals surface area contributed by atoms with Gasteiger partial charge in [0.25, 0.3) is 0 Å². The van der Waals surface area contributed by atoms with Crippen LogP contribution in [0, 0.1) is 0 Å². The van der Waals surface area contributed by atoms with Gasteiger partial charge in [-0.1, -0.05) is 0 Å². The molecule has 0 saturated carbocycles. The highest BCUT2D eigenvalue weighted by Crippen LogP contribution is 2.29. The van der Waals surface area contributed by atoms with Gasteiger partial charge in [-0.05, 0) is 0 Å². The highest BCUT2D eigenvalue weighted by Gasteiger charge is 2.51. The van der Waals surface area contributed by atoms with Crippen molar-refractivity contribution in [3.05, 3.63) is 0 Å². The lowest BCUT2D eigenvalue weighted by molar-refractivity contribution is -0.359. The first-order valence-electron chi connectivity index (χ1n) is 10.7. The van der Waals surface area contributed by atoms with Crippen LogP contribution in [-0.2, 0) is 23.7 Å². The van der Waals surface area contributed by atoms with Gasteiger partial charge in [-0.3, -0.25) is 0 Å². The van der Waals surface area contributed by atoms with E-state index in [4.69, 9.17) is 29.4 Å². The molecular formula is C18H33NO15. The predicted octanol–water partition coefficient (Wildman–Crippen LogP) is -7.61. The Hall–Kier alpha value is -0.640. The number of hydrogen-bond donors (Lipinski definition) is 11. The second kappa shape index (κ2) is 11.6. The summed E-state index contributed by atoms with van der Waals surface area (Å²) in [6.07, 6.45) is -22.3. The van der Waals surface area contributed by atoms with Crippen LogP contribution in [0.25, 0.3) is 0 Å². The lowest BCUT2D eigenvalue weighted by Gasteiger charge is -2.46. The van der Waals surface area contributed by atoms with Crippen molar-refractivity contribution in [2.24, 2.45) is 5.73 Å². The van der Waals surface area contributed by atoms with Gasteiger partial charge in [0.15, 0.2) is 18.9 Å². The standard InChI is InChI=1S/C18H33NO15/c19-7-11(25)8(22)4(1-20)32-17(7)30-3-6-10(24)15(14(28)16(29)31-6)34-18-13(27)12(26)9(23)5(2-21)33-18/h4-18,20-29H,1-3,19H2/t4-,5-,6-,7-,8-,9-,10-,11-,12+,13-,14-,15+,16-,17-,18+/m1/s1. The molecule has 200 valence electrons. The van der Waals surface area contributed by atoms with Crippen LogP contribution in [0.15, 0.2) is 0 Å². The summed E-state index contributed by atoms with van der Waals surface area (Å²) in [5.74, 6) is 0. The van der Waals surface area contributed by atoms with E-state index in [0.29, 0.717) is 0 Å². The maximum Gasteiger partial charge on any atom is 0.187 e. The van der Waals surface area contributed by atoms with Gasteiger partial charge in [0.05, 0.1) is 25.9 Å². The van der Waals surface area contributed by atoms with Gasteiger partial charge in [0.2, 0.25) is 0 Å². The van der Waals surface area contributed by atoms with Crippen LogP contribution in [0.4, 0.5) is 0 Å². The molecule has 3 fully saturated rings. The molecule has 0 radical (unpaired) electrons. The van der Waals surface area contributed by atoms with Gasteiger partial charge < -0.3 is 80.5 Å². The van der Waals surface area contributed by atoms with E-state index in [1.54, 1.807) is 0 Å². The molecule has 12 N–H and O–H groups in total. The number of ether oxygens (including phenoxy) is 5. The third-order valence-electron chi connectivity index (χ3n) is 6.15. The van der Waals surface area contributed by atoms with Gasteiger partial charge in [0, 0.05) is 0 Å². The number of nitrogens with two attached hydrogens (primary N) is 1.